The van der Waals surface area contributed by atoms with Crippen LogP contribution in [0.2, 0.25) is 0 Å². The van der Waals surface area contributed by atoms with Crippen LogP contribution in [0.5, 0.6) is 5.75 Å². The van der Waals surface area contributed by atoms with Gasteiger partial charge in [-0.2, -0.15) is 11.3 Å². The summed E-state index contributed by atoms with van der Waals surface area (Å²) >= 11 is 1.61. The number of rotatable bonds is 5. The van der Waals surface area contributed by atoms with Crippen LogP contribution in [-0.4, -0.2) is 25.5 Å². The highest BCUT2D eigenvalue weighted by atomic mass is 32.1. The normalized spacial score (nSPS) is 9.95. The Morgan fingerprint density at radius 3 is 2.52 bits per heavy atom. The average Bonchev–Trinajstić information content (AvgIpc) is 3.01. The van der Waals surface area contributed by atoms with Crippen molar-refractivity contribution in [3.63, 3.8) is 0 Å². The van der Waals surface area contributed by atoms with Gasteiger partial charge in [0.2, 0.25) is 0 Å². The summed E-state index contributed by atoms with van der Waals surface area (Å²) in [5.41, 5.74) is 1.70. The number of carbonyl (C=O) groups excluding carboxylic acids is 2. The van der Waals surface area contributed by atoms with E-state index in [-0.39, 0.29) is 0 Å². The third kappa shape index (κ3) is 4.61. The lowest BCUT2D eigenvalue weighted by Gasteiger charge is -2.07. The van der Waals surface area contributed by atoms with Crippen LogP contribution >= 0.6 is 11.3 Å². The second-order valence-electron chi connectivity index (χ2n) is 4.32. The molecule has 1 heterocycles. The molecule has 0 aliphatic carbocycles. The van der Waals surface area contributed by atoms with Crippen LogP contribution in [0.3, 0.4) is 0 Å². The molecule has 0 bridgehead atoms. The Kier molecular flexibility index (Phi) is 5.34. The Bertz CT molecular complexity index is 594. The highest BCUT2D eigenvalue weighted by Crippen LogP contribution is 2.14. The zero-order valence-electron chi connectivity index (χ0n) is 11.6. The minimum Gasteiger partial charge on any atom is -0.497 e. The zero-order valence-corrected chi connectivity index (χ0v) is 12.4. The number of benzene rings is 1. The highest BCUT2D eigenvalue weighted by molar-refractivity contribution is 7.07. The summed E-state index contributed by atoms with van der Waals surface area (Å²) in [6, 6.07) is 8.77. The third-order valence-electron chi connectivity index (χ3n) is 2.83. The first-order valence-electron chi connectivity index (χ1n) is 6.43. The lowest BCUT2D eigenvalue weighted by molar-refractivity contribution is -0.136. The summed E-state index contributed by atoms with van der Waals surface area (Å²) < 4.78 is 5.02. The lowest BCUT2D eigenvalue weighted by atomic mass is 10.2. The summed E-state index contributed by atoms with van der Waals surface area (Å²) in [7, 11) is 1.56. The van der Waals surface area contributed by atoms with Gasteiger partial charge >= 0.3 is 11.8 Å². The van der Waals surface area contributed by atoms with Gasteiger partial charge < -0.3 is 15.4 Å². The number of hydrogen-bond donors (Lipinski definition) is 2. The number of ether oxygens (including phenoxy) is 1. The molecule has 2 amide bonds. The van der Waals surface area contributed by atoms with Crippen molar-refractivity contribution < 1.29 is 14.3 Å². The SMILES string of the molecule is COc1ccc(NC(=O)C(=O)NCCc2ccsc2)cc1. The molecule has 0 aliphatic heterocycles. The fourth-order valence-corrected chi connectivity index (χ4v) is 2.40. The molecule has 0 aliphatic rings. The van der Waals surface area contributed by atoms with Crippen LogP contribution < -0.4 is 15.4 Å². The molecule has 110 valence electrons. The fraction of sp³-hybridized carbons (Fsp3) is 0.200. The van der Waals surface area contributed by atoms with E-state index < -0.39 is 11.8 Å². The van der Waals surface area contributed by atoms with E-state index in [1.807, 2.05) is 16.8 Å². The number of thiophene rings is 1. The molecule has 0 saturated carbocycles. The topological polar surface area (TPSA) is 67.4 Å². The molecule has 6 heteroatoms. The molecule has 0 spiro atoms. The van der Waals surface area contributed by atoms with Crippen LogP contribution in [0.15, 0.2) is 41.1 Å². The first kappa shape index (κ1) is 15.1. The van der Waals surface area contributed by atoms with Crippen LogP contribution in [0, 0.1) is 0 Å². The predicted octanol–water partition coefficient (Wildman–Crippen LogP) is 2.05. The van der Waals surface area contributed by atoms with Crippen molar-refractivity contribution in [3.8, 4) is 5.75 Å². The molecule has 0 fully saturated rings. The summed E-state index contributed by atoms with van der Waals surface area (Å²) in [6.07, 6.45) is 0.713. The highest BCUT2D eigenvalue weighted by Gasteiger charge is 2.12. The zero-order chi connectivity index (χ0) is 15.1. The van der Waals surface area contributed by atoms with Crippen molar-refractivity contribution in [1.82, 2.24) is 5.32 Å². The van der Waals surface area contributed by atoms with E-state index in [0.717, 1.165) is 5.56 Å². The van der Waals surface area contributed by atoms with Crippen molar-refractivity contribution in [2.24, 2.45) is 0 Å². The maximum atomic E-state index is 11.7. The molecular formula is C15H16N2O3S. The third-order valence-corrected chi connectivity index (χ3v) is 3.57. The summed E-state index contributed by atoms with van der Waals surface area (Å²) in [5, 5.41) is 9.12. The van der Waals surface area contributed by atoms with Gasteiger partial charge in [-0.25, -0.2) is 0 Å². The minimum absolute atomic E-state index is 0.436. The molecule has 0 unspecified atom stereocenters. The summed E-state index contributed by atoms with van der Waals surface area (Å²) in [4.78, 5) is 23.4. The fourth-order valence-electron chi connectivity index (χ4n) is 1.70. The number of anilines is 1. The van der Waals surface area contributed by atoms with Gasteiger partial charge in [0.25, 0.3) is 0 Å². The molecule has 0 saturated heterocycles. The molecule has 0 atom stereocenters. The standard InChI is InChI=1S/C15H16N2O3S/c1-20-13-4-2-12(3-5-13)17-15(19)14(18)16-8-6-11-7-9-21-10-11/h2-5,7,9-10H,6,8H2,1H3,(H,16,18)(H,17,19). The second-order valence-corrected chi connectivity index (χ2v) is 5.10. The second kappa shape index (κ2) is 7.44. The van der Waals surface area contributed by atoms with E-state index in [4.69, 9.17) is 4.74 Å². The largest absolute Gasteiger partial charge is 0.497 e. The van der Waals surface area contributed by atoms with Gasteiger partial charge in [-0.05, 0) is 53.1 Å². The number of carbonyl (C=O) groups is 2. The number of nitrogens with one attached hydrogen (secondary N) is 2. The predicted molar refractivity (Wildman–Crippen MR) is 82.7 cm³/mol. The smallest absolute Gasteiger partial charge is 0.313 e. The molecule has 1 aromatic heterocycles. The van der Waals surface area contributed by atoms with Crippen LogP contribution in [-0.2, 0) is 16.0 Å². The van der Waals surface area contributed by atoms with Crippen molar-refractivity contribution in [1.29, 1.82) is 0 Å². The Morgan fingerprint density at radius 2 is 1.90 bits per heavy atom. The molecule has 2 rings (SSSR count). The summed E-state index contributed by atoms with van der Waals surface area (Å²) in [5.74, 6) is -0.625. The first-order valence-corrected chi connectivity index (χ1v) is 7.37. The summed E-state index contributed by atoms with van der Waals surface area (Å²) in [6.45, 7) is 0.436. The van der Waals surface area contributed by atoms with E-state index in [1.165, 1.54) is 0 Å². The van der Waals surface area contributed by atoms with Crippen molar-refractivity contribution in [3.05, 3.63) is 46.7 Å². The van der Waals surface area contributed by atoms with Gasteiger partial charge in [0, 0.05) is 12.2 Å². The molecule has 0 radical (unpaired) electrons. The first-order chi connectivity index (χ1) is 10.2. The van der Waals surface area contributed by atoms with E-state index in [1.54, 1.807) is 42.7 Å². The van der Waals surface area contributed by atoms with Crippen molar-refractivity contribution in [2.75, 3.05) is 19.0 Å². The quantitative estimate of drug-likeness (QED) is 0.831. The van der Waals surface area contributed by atoms with E-state index in [2.05, 4.69) is 10.6 Å². The molecule has 1 aromatic carbocycles. The molecule has 21 heavy (non-hydrogen) atoms. The van der Waals surface area contributed by atoms with Crippen molar-refractivity contribution >= 4 is 28.8 Å². The molecular weight excluding hydrogens is 288 g/mol. The van der Waals surface area contributed by atoms with Gasteiger partial charge in [0.1, 0.15) is 5.75 Å². The Morgan fingerprint density at radius 1 is 1.14 bits per heavy atom. The molecule has 2 N–H and O–H groups in total. The van der Waals surface area contributed by atoms with Crippen LogP contribution in [0.25, 0.3) is 0 Å². The number of amides is 2. The Hall–Kier alpha value is -2.34. The maximum absolute atomic E-state index is 11.7. The van der Waals surface area contributed by atoms with E-state index >= 15 is 0 Å². The molecule has 2 aromatic rings. The minimum atomic E-state index is -0.675. The van der Waals surface area contributed by atoms with E-state index in [9.17, 15) is 9.59 Å². The number of hydrogen-bond acceptors (Lipinski definition) is 4. The Labute approximate surface area is 126 Å². The molecule has 5 nitrogen and oxygen atoms in total. The van der Waals surface area contributed by atoms with Gasteiger partial charge in [-0.3, -0.25) is 9.59 Å². The average molecular weight is 304 g/mol. The van der Waals surface area contributed by atoms with Crippen molar-refractivity contribution in [2.45, 2.75) is 6.42 Å². The van der Waals surface area contributed by atoms with Gasteiger partial charge in [0.05, 0.1) is 7.11 Å². The maximum Gasteiger partial charge on any atom is 0.313 e. The number of methoxy groups -OCH3 is 1. The monoisotopic (exact) mass is 304 g/mol. The Balaban J connectivity index is 1.77. The van der Waals surface area contributed by atoms with Gasteiger partial charge in [0.15, 0.2) is 0 Å². The lowest BCUT2D eigenvalue weighted by Crippen LogP contribution is -2.36. The van der Waals surface area contributed by atoms with Gasteiger partial charge in [-0.15, -0.1) is 0 Å². The van der Waals surface area contributed by atoms with Gasteiger partial charge in [-0.1, -0.05) is 0 Å². The van der Waals surface area contributed by atoms with E-state index in [0.29, 0.717) is 24.4 Å². The van der Waals surface area contributed by atoms with Crippen LogP contribution in [0.4, 0.5) is 5.69 Å². The van der Waals surface area contributed by atoms with Crippen LogP contribution in [0.1, 0.15) is 5.56 Å².